The summed E-state index contributed by atoms with van der Waals surface area (Å²) in [6.45, 7) is 4.33. The third-order valence-electron chi connectivity index (χ3n) is 6.55. The van der Waals surface area contributed by atoms with Crippen molar-refractivity contribution < 1.29 is 9.47 Å². The van der Waals surface area contributed by atoms with Crippen LogP contribution in [-0.4, -0.2) is 87.3 Å². The number of guanidine groups is 1. The van der Waals surface area contributed by atoms with Gasteiger partial charge < -0.3 is 19.7 Å². The number of nitrogens with zero attached hydrogens (tertiary/aromatic N) is 3. The monoisotopic (exact) mass is 562 g/mol. The van der Waals surface area contributed by atoms with Gasteiger partial charge in [-0.2, -0.15) is 11.8 Å². The molecule has 3 rings (SSSR count). The first-order chi connectivity index (χ1) is 14.6. The summed E-state index contributed by atoms with van der Waals surface area (Å²) in [5.74, 6) is 5.06. The van der Waals surface area contributed by atoms with E-state index in [1.54, 1.807) is 14.2 Å². The Morgan fingerprint density at radius 2 is 1.84 bits per heavy atom. The van der Waals surface area contributed by atoms with Crippen LogP contribution in [0.15, 0.2) is 23.2 Å². The van der Waals surface area contributed by atoms with E-state index in [-0.39, 0.29) is 24.0 Å². The first-order valence-corrected chi connectivity index (χ1v) is 12.2. The van der Waals surface area contributed by atoms with Crippen molar-refractivity contribution in [1.29, 1.82) is 0 Å². The predicted molar refractivity (Wildman–Crippen MR) is 143 cm³/mol. The van der Waals surface area contributed by atoms with Gasteiger partial charge in [0, 0.05) is 57.3 Å². The third kappa shape index (κ3) is 6.81. The molecule has 1 heterocycles. The molecule has 2 fully saturated rings. The number of nitrogens with one attached hydrogen (secondary N) is 1. The SMILES string of the molecule is CN=C(NCC1(N2CCSCC2)CCCC1)N(C)CCc1ccc(OC)c(OC)c1.I. The molecule has 0 amide bonds. The first kappa shape index (κ1) is 26.4. The summed E-state index contributed by atoms with van der Waals surface area (Å²) in [6.07, 6.45) is 6.22. The van der Waals surface area contributed by atoms with Crippen molar-refractivity contribution in [1.82, 2.24) is 15.1 Å². The standard InChI is InChI=1S/C23H38N4O2S.HI/c1-24-22(25-18-23(10-5-6-11-23)27-13-15-30-16-14-27)26(2)12-9-19-7-8-20(28-3)21(17-19)29-4;/h7-8,17H,5-6,9-16,18H2,1-4H3,(H,24,25);1H. The number of methoxy groups -OCH3 is 2. The molecular weight excluding hydrogens is 523 g/mol. The maximum Gasteiger partial charge on any atom is 0.193 e. The lowest BCUT2D eigenvalue weighted by Gasteiger charge is -2.44. The molecule has 0 atom stereocenters. The molecule has 0 unspecified atom stereocenters. The van der Waals surface area contributed by atoms with Gasteiger partial charge in [0.05, 0.1) is 14.2 Å². The van der Waals surface area contributed by atoms with Crippen molar-refractivity contribution in [3.63, 3.8) is 0 Å². The van der Waals surface area contributed by atoms with Gasteiger partial charge in [-0.1, -0.05) is 18.9 Å². The van der Waals surface area contributed by atoms with E-state index in [1.165, 1.54) is 55.8 Å². The van der Waals surface area contributed by atoms with Crippen molar-refractivity contribution in [3.8, 4) is 11.5 Å². The van der Waals surface area contributed by atoms with Gasteiger partial charge in [-0.05, 0) is 37.0 Å². The van der Waals surface area contributed by atoms with E-state index in [0.29, 0.717) is 5.54 Å². The highest BCUT2D eigenvalue weighted by Gasteiger charge is 2.40. The van der Waals surface area contributed by atoms with Crippen LogP contribution in [0.2, 0.25) is 0 Å². The molecule has 2 aliphatic rings. The first-order valence-electron chi connectivity index (χ1n) is 11.1. The molecule has 0 bridgehead atoms. The number of rotatable bonds is 8. The summed E-state index contributed by atoms with van der Waals surface area (Å²) in [5, 5.41) is 3.71. The molecule has 1 aliphatic heterocycles. The molecule has 6 nitrogen and oxygen atoms in total. The molecule has 8 heteroatoms. The Morgan fingerprint density at radius 1 is 1.16 bits per heavy atom. The van der Waals surface area contributed by atoms with Crippen molar-refractivity contribution >= 4 is 41.7 Å². The number of halogens is 1. The van der Waals surface area contributed by atoms with Crippen LogP contribution in [0.25, 0.3) is 0 Å². The third-order valence-corrected chi connectivity index (χ3v) is 7.49. The molecule has 0 radical (unpaired) electrons. The minimum Gasteiger partial charge on any atom is -0.493 e. The van der Waals surface area contributed by atoms with E-state index in [1.807, 2.05) is 13.1 Å². The maximum atomic E-state index is 5.44. The number of ether oxygens (including phenoxy) is 2. The molecular formula is C23H39IN4O2S. The van der Waals surface area contributed by atoms with Gasteiger partial charge in [0.1, 0.15) is 0 Å². The van der Waals surface area contributed by atoms with E-state index in [4.69, 9.17) is 9.47 Å². The highest BCUT2D eigenvalue weighted by atomic mass is 127. The molecule has 1 aromatic rings. The van der Waals surface area contributed by atoms with Crippen molar-refractivity contribution in [3.05, 3.63) is 23.8 Å². The number of thioether (sulfide) groups is 1. The van der Waals surface area contributed by atoms with Crippen molar-refractivity contribution in [2.75, 3.05) is 66.0 Å². The van der Waals surface area contributed by atoms with E-state index in [2.05, 4.69) is 51.1 Å². The van der Waals surface area contributed by atoms with Gasteiger partial charge in [-0.25, -0.2) is 0 Å². The van der Waals surface area contributed by atoms with Crippen molar-refractivity contribution in [2.24, 2.45) is 4.99 Å². The zero-order chi connectivity index (χ0) is 21.4. The van der Waals surface area contributed by atoms with Crippen molar-refractivity contribution in [2.45, 2.75) is 37.6 Å². The second kappa shape index (κ2) is 13.0. The molecule has 0 spiro atoms. The number of benzene rings is 1. The molecule has 1 saturated heterocycles. The summed E-state index contributed by atoms with van der Waals surface area (Å²) in [6, 6.07) is 6.14. The summed E-state index contributed by atoms with van der Waals surface area (Å²) in [5.41, 5.74) is 1.54. The van der Waals surface area contributed by atoms with Gasteiger partial charge in [-0.3, -0.25) is 9.89 Å². The highest BCUT2D eigenvalue weighted by molar-refractivity contribution is 14.0. The molecule has 1 aromatic carbocycles. The molecule has 31 heavy (non-hydrogen) atoms. The Morgan fingerprint density at radius 3 is 2.45 bits per heavy atom. The van der Waals surface area contributed by atoms with Gasteiger partial charge in [0.25, 0.3) is 0 Å². The zero-order valence-corrected chi connectivity index (χ0v) is 22.6. The van der Waals surface area contributed by atoms with Crippen LogP contribution in [0.5, 0.6) is 11.5 Å². The molecule has 176 valence electrons. The lowest BCUT2D eigenvalue weighted by molar-refractivity contribution is 0.106. The number of hydrogen-bond donors (Lipinski definition) is 1. The summed E-state index contributed by atoms with van der Waals surface area (Å²) >= 11 is 2.09. The van der Waals surface area contributed by atoms with Crippen LogP contribution in [0.1, 0.15) is 31.2 Å². The smallest absolute Gasteiger partial charge is 0.193 e. The summed E-state index contributed by atoms with van der Waals surface area (Å²) < 4.78 is 10.8. The lowest BCUT2D eigenvalue weighted by Crippen LogP contribution is -2.57. The van der Waals surface area contributed by atoms with Crippen LogP contribution in [0.4, 0.5) is 0 Å². The van der Waals surface area contributed by atoms with Gasteiger partial charge >= 0.3 is 0 Å². The second-order valence-corrected chi connectivity index (χ2v) is 9.52. The van der Waals surface area contributed by atoms with Gasteiger partial charge in [0.15, 0.2) is 17.5 Å². The number of aliphatic imine (C=N–C) groups is 1. The van der Waals surface area contributed by atoms with Crippen LogP contribution >= 0.6 is 35.7 Å². The average molecular weight is 563 g/mol. The Hall–Kier alpha value is -0.870. The molecule has 0 aromatic heterocycles. The minimum absolute atomic E-state index is 0. The van der Waals surface area contributed by atoms with Gasteiger partial charge in [-0.15, -0.1) is 24.0 Å². The normalized spacial score (nSPS) is 18.9. The van der Waals surface area contributed by atoms with E-state index < -0.39 is 0 Å². The predicted octanol–water partition coefficient (Wildman–Crippen LogP) is 3.73. The summed E-state index contributed by atoms with van der Waals surface area (Å²) in [7, 11) is 7.35. The Labute approximate surface area is 209 Å². The molecule has 1 saturated carbocycles. The highest BCUT2D eigenvalue weighted by Crippen LogP contribution is 2.36. The van der Waals surface area contributed by atoms with Crippen LogP contribution in [-0.2, 0) is 6.42 Å². The minimum atomic E-state index is 0. The maximum absolute atomic E-state index is 5.44. The number of likely N-dealkylation sites (N-methyl/N-ethyl adjacent to an activating group) is 1. The average Bonchev–Trinajstić information content (AvgIpc) is 3.28. The molecule has 1 N–H and O–H groups in total. The Bertz CT molecular complexity index is 707. The summed E-state index contributed by atoms with van der Waals surface area (Å²) in [4.78, 5) is 9.54. The van der Waals surface area contributed by atoms with Crippen LogP contribution in [0, 0.1) is 0 Å². The zero-order valence-electron chi connectivity index (χ0n) is 19.5. The van der Waals surface area contributed by atoms with Crippen LogP contribution < -0.4 is 14.8 Å². The van der Waals surface area contributed by atoms with E-state index >= 15 is 0 Å². The fourth-order valence-electron chi connectivity index (χ4n) is 4.74. The lowest BCUT2D eigenvalue weighted by atomic mass is 9.94. The van der Waals surface area contributed by atoms with Gasteiger partial charge in [0.2, 0.25) is 0 Å². The number of hydrogen-bond acceptors (Lipinski definition) is 5. The fourth-order valence-corrected chi connectivity index (χ4v) is 5.65. The topological polar surface area (TPSA) is 49.3 Å². The second-order valence-electron chi connectivity index (χ2n) is 8.29. The quantitative estimate of drug-likeness (QED) is 0.296. The van der Waals surface area contributed by atoms with E-state index in [0.717, 1.165) is 37.0 Å². The van der Waals surface area contributed by atoms with E-state index in [9.17, 15) is 0 Å². The largest absolute Gasteiger partial charge is 0.493 e. The molecule has 1 aliphatic carbocycles. The Balaban J connectivity index is 0.00000341. The fraction of sp³-hybridized carbons (Fsp3) is 0.696. The Kier molecular flexibility index (Phi) is 11.1. The van der Waals surface area contributed by atoms with Crippen LogP contribution in [0.3, 0.4) is 0 Å².